The van der Waals surface area contributed by atoms with Gasteiger partial charge in [-0.15, -0.1) is 13.2 Å². The normalized spacial score (nSPS) is 15.0. The number of fused-ring (bicyclic) bond motifs is 1. The summed E-state index contributed by atoms with van der Waals surface area (Å²) in [6, 6.07) is 13.9. The second-order valence-corrected chi connectivity index (χ2v) is 6.38. The Bertz CT molecular complexity index is 914. The SMILES string of the molecule is FC(F)(F)Oc1cccc(Cn2c(N3CCCC3)nc3ccccc32)c1. The van der Waals surface area contributed by atoms with Gasteiger partial charge in [-0.25, -0.2) is 4.98 Å². The molecule has 0 saturated carbocycles. The van der Waals surface area contributed by atoms with Gasteiger partial charge in [0, 0.05) is 13.1 Å². The summed E-state index contributed by atoms with van der Waals surface area (Å²) in [7, 11) is 0. The molecule has 0 atom stereocenters. The van der Waals surface area contributed by atoms with Crippen LogP contribution in [0, 0.1) is 0 Å². The zero-order valence-corrected chi connectivity index (χ0v) is 14.0. The van der Waals surface area contributed by atoms with Gasteiger partial charge in [0.25, 0.3) is 0 Å². The van der Waals surface area contributed by atoms with Gasteiger partial charge in [-0.1, -0.05) is 24.3 Å². The number of anilines is 1. The van der Waals surface area contributed by atoms with Gasteiger partial charge in [0.1, 0.15) is 5.75 Å². The molecule has 2 heterocycles. The Hall–Kier alpha value is -2.70. The summed E-state index contributed by atoms with van der Waals surface area (Å²) in [5.74, 6) is 0.660. The third-order valence-corrected chi connectivity index (χ3v) is 4.50. The number of hydrogen-bond acceptors (Lipinski definition) is 3. The molecule has 4 nitrogen and oxygen atoms in total. The highest BCUT2D eigenvalue weighted by Crippen LogP contribution is 2.28. The van der Waals surface area contributed by atoms with Gasteiger partial charge in [0.05, 0.1) is 17.6 Å². The van der Waals surface area contributed by atoms with Gasteiger partial charge < -0.3 is 14.2 Å². The van der Waals surface area contributed by atoms with Gasteiger partial charge in [-0.2, -0.15) is 0 Å². The van der Waals surface area contributed by atoms with E-state index in [1.807, 2.05) is 24.3 Å². The van der Waals surface area contributed by atoms with Crippen molar-refractivity contribution in [3.8, 4) is 5.75 Å². The van der Waals surface area contributed by atoms with Crippen LogP contribution in [0.3, 0.4) is 0 Å². The largest absolute Gasteiger partial charge is 0.573 e. The van der Waals surface area contributed by atoms with E-state index in [0.717, 1.165) is 48.5 Å². The molecular formula is C19H18F3N3O. The van der Waals surface area contributed by atoms with E-state index >= 15 is 0 Å². The van der Waals surface area contributed by atoms with Gasteiger partial charge in [0.2, 0.25) is 5.95 Å². The van der Waals surface area contributed by atoms with Crippen LogP contribution in [-0.2, 0) is 6.54 Å². The van der Waals surface area contributed by atoms with Gasteiger partial charge >= 0.3 is 6.36 Å². The smallest absolute Gasteiger partial charge is 0.406 e. The van der Waals surface area contributed by atoms with Crippen molar-refractivity contribution in [2.24, 2.45) is 0 Å². The molecule has 7 heteroatoms. The number of imidazole rings is 1. The first-order valence-electron chi connectivity index (χ1n) is 8.54. The Morgan fingerprint density at radius 3 is 2.54 bits per heavy atom. The quantitative estimate of drug-likeness (QED) is 0.681. The van der Waals surface area contributed by atoms with Crippen molar-refractivity contribution >= 4 is 17.0 Å². The van der Waals surface area contributed by atoms with Gasteiger partial charge in [-0.05, 0) is 42.7 Å². The first-order valence-corrected chi connectivity index (χ1v) is 8.54. The monoisotopic (exact) mass is 361 g/mol. The highest BCUT2D eigenvalue weighted by atomic mass is 19.4. The second-order valence-electron chi connectivity index (χ2n) is 6.38. The van der Waals surface area contributed by atoms with Crippen LogP contribution in [0.25, 0.3) is 11.0 Å². The average Bonchev–Trinajstić information content (AvgIpc) is 3.22. The first kappa shape index (κ1) is 16.8. The minimum atomic E-state index is -4.69. The number of nitrogens with zero attached hydrogens (tertiary/aromatic N) is 3. The Morgan fingerprint density at radius 1 is 1.00 bits per heavy atom. The van der Waals surface area contributed by atoms with Gasteiger partial charge in [0.15, 0.2) is 0 Å². The van der Waals surface area contributed by atoms with Crippen LogP contribution in [0.1, 0.15) is 18.4 Å². The van der Waals surface area contributed by atoms with E-state index in [0.29, 0.717) is 6.54 Å². The van der Waals surface area contributed by atoms with Crippen molar-refractivity contribution in [3.05, 3.63) is 54.1 Å². The molecule has 1 aliphatic rings. The maximum atomic E-state index is 12.5. The Balaban J connectivity index is 1.70. The number of hydrogen-bond donors (Lipinski definition) is 0. The lowest BCUT2D eigenvalue weighted by Crippen LogP contribution is -2.22. The molecule has 3 aromatic rings. The lowest BCUT2D eigenvalue weighted by molar-refractivity contribution is -0.274. The second kappa shape index (κ2) is 6.55. The molecule has 1 saturated heterocycles. The molecule has 0 amide bonds. The molecule has 1 fully saturated rings. The number of halogens is 3. The van der Waals surface area contributed by atoms with E-state index in [1.54, 1.807) is 12.1 Å². The van der Waals surface area contributed by atoms with Crippen LogP contribution in [0.5, 0.6) is 5.75 Å². The number of para-hydroxylation sites is 2. The fourth-order valence-corrected chi connectivity index (χ4v) is 3.40. The number of ether oxygens (including phenoxy) is 1. The summed E-state index contributed by atoms with van der Waals surface area (Å²) in [6.45, 7) is 2.32. The molecule has 1 aromatic heterocycles. The molecule has 136 valence electrons. The highest BCUT2D eigenvalue weighted by Gasteiger charge is 2.31. The Morgan fingerprint density at radius 2 is 1.77 bits per heavy atom. The van der Waals surface area contributed by atoms with Crippen molar-refractivity contribution in [3.63, 3.8) is 0 Å². The van der Waals surface area contributed by atoms with Crippen molar-refractivity contribution in [1.82, 2.24) is 9.55 Å². The van der Waals surface area contributed by atoms with E-state index in [4.69, 9.17) is 4.98 Å². The van der Waals surface area contributed by atoms with Crippen molar-refractivity contribution < 1.29 is 17.9 Å². The molecule has 0 unspecified atom stereocenters. The Kier molecular flexibility index (Phi) is 4.22. The van der Waals surface area contributed by atoms with E-state index < -0.39 is 6.36 Å². The van der Waals surface area contributed by atoms with E-state index in [1.165, 1.54) is 12.1 Å². The molecular weight excluding hydrogens is 343 g/mol. The van der Waals surface area contributed by atoms with Crippen LogP contribution in [0.2, 0.25) is 0 Å². The zero-order valence-electron chi connectivity index (χ0n) is 14.0. The summed E-state index contributed by atoms with van der Waals surface area (Å²) in [6.07, 6.45) is -2.45. The van der Waals surface area contributed by atoms with E-state index in [9.17, 15) is 13.2 Å². The van der Waals surface area contributed by atoms with Crippen LogP contribution in [0.4, 0.5) is 19.1 Å². The van der Waals surface area contributed by atoms with Gasteiger partial charge in [-0.3, -0.25) is 0 Å². The molecule has 1 aliphatic heterocycles. The molecule has 2 aromatic carbocycles. The molecule has 26 heavy (non-hydrogen) atoms. The third-order valence-electron chi connectivity index (χ3n) is 4.50. The lowest BCUT2D eigenvalue weighted by atomic mass is 10.2. The van der Waals surface area contributed by atoms with Crippen molar-refractivity contribution in [1.29, 1.82) is 0 Å². The van der Waals surface area contributed by atoms with Crippen LogP contribution < -0.4 is 9.64 Å². The standard InChI is InChI=1S/C19H18F3N3O/c20-19(21,22)26-15-7-5-6-14(12-15)13-25-17-9-2-1-8-16(17)23-18(25)24-10-3-4-11-24/h1-2,5-9,12H,3-4,10-11,13H2. The number of benzene rings is 2. The van der Waals surface area contributed by atoms with E-state index in [2.05, 4.69) is 14.2 Å². The van der Waals surface area contributed by atoms with Crippen molar-refractivity contribution in [2.75, 3.05) is 18.0 Å². The zero-order chi connectivity index (χ0) is 18.1. The fraction of sp³-hybridized carbons (Fsp3) is 0.316. The molecule has 0 N–H and O–H groups in total. The van der Waals surface area contributed by atoms with Crippen LogP contribution >= 0.6 is 0 Å². The lowest BCUT2D eigenvalue weighted by Gasteiger charge is -2.19. The van der Waals surface area contributed by atoms with Crippen molar-refractivity contribution in [2.45, 2.75) is 25.7 Å². The summed E-state index contributed by atoms with van der Waals surface area (Å²) in [4.78, 5) is 6.98. The average molecular weight is 361 g/mol. The predicted molar refractivity (Wildman–Crippen MR) is 93.4 cm³/mol. The number of aromatic nitrogens is 2. The molecule has 0 bridgehead atoms. The first-order chi connectivity index (χ1) is 12.5. The minimum absolute atomic E-state index is 0.206. The number of rotatable bonds is 4. The number of alkyl halides is 3. The van der Waals surface area contributed by atoms with Crippen LogP contribution in [-0.4, -0.2) is 29.0 Å². The summed E-state index contributed by atoms with van der Waals surface area (Å²) in [5.41, 5.74) is 2.59. The van der Waals surface area contributed by atoms with Crippen LogP contribution in [0.15, 0.2) is 48.5 Å². The summed E-state index contributed by atoms with van der Waals surface area (Å²) >= 11 is 0. The molecule has 0 spiro atoms. The molecule has 4 rings (SSSR count). The Labute approximate surface area is 148 Å². The summed E-state index contributed by atoms with van der Waals surface area (Å²) in [5, 5.41) is 0. The minimum Gasteiger partial charge on any atom is -0.406 e. The maximum absolute atomic E-state index is 12.5. The van der Waals surface area contributed by atoms with E-state index in [-0.39, 0.29) is 5.75 Å². The third kappa shape index (κ3) is 3.47. The fourth-order valence-electron chi connectivity index (χ4n) is 3.40. The predicted octanol–water partition coefficient (Wildman–Crippen LogP) is 4.58. The molecule has 0 aliphatic carbocycles. The summed E-state index contributed by atoms with van der Waals surface area (Å²) < 4.78 is 43.6. The topological polar surface area (TPSA) is 30.3 Å². The highest BCUT2D eigenvalue weighted by molar-refractivity contribution is 5.79. The molecule has 0 radical (unpaired) electrons. The maximum Gasteiger partial charge on any atom is 0.573 e.